The Labute approximate surface area is 166 Å². The van der Waals surface area contributed by atoms with Gasteiger partial charge < -0.3 is 19.9 Å². The molecular formula is C18H24F3N3O5. The monoisotopic (exact) mass is 419 g/mol. The normalized spacial score (nSPS) is 23.8. The van der Waals surface area contributed by atoms with Gasteiger partial charge in [-0.3, -0.25) is 14.7 Å². The number of hydrogen-bond acceptors (Lipinski definition) is 6. The second kappa shape index (κ2) is 9.99. The first kappa shape index (κ1) is 23.0. The Balaban J connectivity index is 0.000000370. The number of rotatable bonds is 6. The maximum absolute atomic E-state index is 11.7. The zero-order valence-electron chi connectivity index (χ0n) is 15.9. The number of aliphatic carboxylic acids is 1. The number of nitrogens with zero attached hydrogens (tertiary/aromatic N) is 2. The van der Waals surface area contributed by atoms with Gasteiger partial charge in [-0.05, 0) is 12.1 Å². The first-order valence-electron chi connectivity index (χ1n) is 8.92. The number of halogens is 3. The summed E-state index contributed by atoms with van der Waals surface area (Å²) in [6.07, 6.45) is -3.25. The van der Waals surface area contributed by atoms with Gasteiger partial charge in [0.1, 0.15) is 6.61 Å². The molecule has 0 saturated carbocycles. The predicted octanol–water partition coefficient (Wildman–Crippen LogP) is 0.926. The van der Waals surface area contributed by atoms with Crippen LogP contribution in [0.1, 0.15) is 5.69 Å². The SMILES string of the molecule is COCC(=O)NC[C@]12COC[C@H]1CN(Cc1ccccn1)C2.O=C(O)C(F)(F)F. The number of alkyl halides is 3. The van der Waals surface area contributed by atoms with E-state index in [0.29, 0.717) is 19.1 Å². The van der Waals surface area contributed by atoms with Crippen molar-refractivity contribution in [2.75, 3.05) is 46.6 Å². The van der Waals surface area contributed by atoms with E-state index in [1.54, 1.807) is 0 Å². The number of pyridine rings is 1. The van der Waals surface area contributed by atoms with Gasteiger partial charge in [-0.25, -0.2) is 4.79 Å². The number of aromatic nitrogens is 1. The molecule has 2 saturated heterocycles. The summed E-state index contributed by atoms with van der Waals surface area (Å²) >= 11 is 0. The highest BCUT2D eigenvalue weighted by Crippen LogP contribution is 2.41. The number of carboxylic acid groups (broad SMARTS) is 1. The van der Waals surface area contributed by atoms with Crippen LogP contribution < -0.4 is 5.32 Å². The lowest BCUT2D eigenvalue weighted by Crippen LogP contribution is -2.44. The Morgan fingerprint density at radius 1 is 1.45 bits per heavy atom. The molecule has 29 heavy (non-hydrogen) atoms. The Morgan fingerprint density at radius 2 is 2.17 bits per heavy atom. The number of carboxylic acids is 1. The van der Waals surface area contributed by atoms with Crippen molar-refractivity contribution in [3.05, 3.63) is 30.1 Å². The van der Waals surface area contributed by atoms with Gasteiger partial charge in [0.25, 0.3) is 0 Å². The Hall–Kier alpha value is -2.24. The second-order valence-corrected chi connectivity index (χ2v) is 7.08. The third-order valence-corrected chi connectivity index (χ3v) is 4.86. The minimum absolute atomic E-state index is 0.0260. The van der Waals surface area contributed by atoms with Crippen LogP contribution in [0, 0.1) is 11.3 Å². The van der Waals surface area contributed by atoms with Gasteiger partial charge in [-0.1, -0.05) is 6.07 Å². The van der Waals surface area contributed by atoms with Gasteiger partial charge in [-0.15, -0.1) is 0 Å². The molecule has 0 radical (unpaired) electrons. The molecule has 162 valence electrons. The summed E-state index contributed by atoms with van der Waals surface area (Å²) in [6.45, 7) is 5.03. The molecule has 0 aromatic carbocycles. The number of likely N-dealkylation sites (tertiary alicyclic amines) is 1. The Bertz CT molecular complexity index is 689. The maximum atomic E-state index is 11.7. The molecule has 2 aliphatic rings. The van der Waals surface area contributed by atoms with Gasteiger partial charge in [0, 0.05) is 50.8 Å². The summed E-state index contributed by atoms with van der Waals surface area (Å²) in [7, 11) is 1.53. The van der Waals surface area contributed by atoms with Crippen molar-refractivity contribution in [1.82, 2.24) is 15.2 Å². The average molecular weight is 419 g/mol. The van der Waals surface area contributed by atoms with E-state index in [9.17, 15) is 18.0 Å². The first-order valence-corrected chi connectivity index (χ1v) is 8.92. The van der Waals surface area contributed by atoms with Crippen LogP contribution in [0.2, 0.25) is 0 Å². The van der Waals surface area contributed by atoms with Crippen LogP contribution in [0.5, 0.6) is 0 Å². The van der Waals surface area contributed by atoms with Crippen molar-refractivity contribution < 1.29 is 37.3 Å². The standard InChI is InChI=1S/C16H23N3O3.C2HF3O2/c1-21-9-15(20)18-10-16-11-19(6-13(16)8-22-12-16)7-14-4-2-3-5-17-14;3-2(4,5)1(6)7/h2-5,13H,6-12H2,1H3,(H,18,20);(H,6,7)/t13-,16+;/m1./s1. The van der Waals surface area contributed by atoms with Crippen LogP contribution >= 0.6 is 0 Å². The third-order valence-electron chi connectivity index (χ3n) is 4.86. The number of ether oxygens (including phenoxy) is 2. The Kier molecular flexibility index (Phi) is 7.94. The molecule has 1 aromatic heterocycles. The Morgan fingerprint density at radius 3 is 2.76 bits per heavy atom. The number of methoxy groups -OCH3 is 1. The summed E-state index contributed by atoms with van der Waals surface area (Å²) in [6, 6.07) is 6.00. The molecule has 0 spiro atoms. The first-order chi connectivity index (χ1) is 13.7. The summed E-state index contributed by atoms with van der Waals surface area (Å²) in [5.41, 5.74) is 1.11. The molecular weight excluding hydrogens is 395 g/mol. The smallest absolute Gasteiger partial charge is 0.475 e. The lowest BCUT2D eigenvalue weighted by atomic mass is 9.81. The molecule has 2 N–H and O–H groups in total. The van der Waals surface area contributed by atoms with Crippen molar-refractivity contribution in [3.63, 3.8) is 0 Å². The molecule has 8 nitrogen and oxygen atoms in total. The van der Waals surface area contributed by atoms with Crippen LogP contribution in [-0.2, 0) is 25.6 Å². The summed E-state index contributed by atoms with van der Waals surface area (Å²) in [5.74, 6) is -2.35. The number of amides is 1. The van der Waals surface area contributed by atoms with Crippen LogP contribution in [0.4, 0.5) is 13.2 Å². The van der Waals surface area contributed by atoms with Crippen LogP contribution in [-0.4, -0.2) is 79.6 Å². The van der Waals surface area contributed by atoms with Crippen LogP contribution in [0.15, 0.2) is 24.4 Å². The van der Waals surface area contributed by atoms with Gasteiger partial charge in [0.15, 0.2) is 0 Å². The number of nitrogens with one attached hydrogen (secondary N) is 1. The largest absolute Gasteiger partial charge is 0.490 e. The van der Waals surface area contributed by atoms with Gasteiger partial charge in [0.05, 0.1) is 18.9 Å². The van der Waals surface area contributed by atoms with Crippen molar-refractivity contribution in [2.45, 2.75) is 12.7 Å². The van der Waals surface area contributed by atoms with Crippen molar-refractivity contribution >= 4 is 11.9 Å². The maximum Gasteiger partial charge on any atom is 0.490 e. The summed E-state index contributed by atoms with van der Waals surface area (Å²) < 4.78 is 42.3. The van der Waals surface area contributed by atoms with E-state index in [1.165, 1.54) is 7.11 Å². The molecule has 3 rings (SSSR count). The quantitative estimate of drug-likeness (QED) is 0.707. The zero-order valence-corrected chi connectivity index (χ0v) is 15.9. The van der Waals surface area contributed by atoms with Crippen LogP contribution in [0.25, 0.3) is 0 Å². The minimum Gasteiger partial charge on any atom is -0.475 e. The highest BCUT2D eigenvalue weighted by Gasteiger charge is 2.50. The topological polar surface area (TPSA) is 101 Å². The molecule has 1 aromatic rings. The van der Waals surface area contributed by atoms with Crippen LogP contribution in [0.3, 0.4) is 0 Å². The van der Waals surface area contributed by atoms with E-state index >= 15 is 0 Å². The fourth-order valence-corrected chi connectivity index (χ4v) is 3.49. The minimum atomic E-state index is -5.08. The van der Waals surface area contributed by atoms with Gasteiger partial charge in [-0.2, -0.15) is 13.2 Å². The number of carbonyl (C=O) groups is 2. The number of fused-ring (bicyclic) bond motifs is 1. The molecule has 2 fully saturated rings. The molecule has 0 bridgehead atoms. The zero-order chi connectivity index (χ0) is 21.5. The van der Waals surface area contributed by atoms with Crippen molar-refractivity contribution in [1.29, 1.82) is 0 Å². The lowest BCUT2D eigenvalue weighted by Gasteiger charge is -2.27. The molecule has 0 unspecified atom stereocenters. The van der Waals surface area contributed by atoms with E-state index in [4.69, 9.17) is 19.4 Å². The highest BCUT2D eigenvalue weighted by atomic mass is 19.4. The number of carbonyl (C=O) groups excluding carboxylic acids is 1. The van der Waals surface area contributed by atoms with Crippen molar-refractivity contribution in [2.24, 2.45) is 11.3 Å². The summed E-state index contributed by atoms with van der Waals surface area (Å²) in [4.78, 5) is 27.4. The molecule has 1 amide bonds. The van der Waals surface area contributed by atoms with Crippen molar-refractivity contribution in [3.8, 4) is 0 Å². The fraction of sp³-hybridized carbons (Fsp3) is 0.611. The fourth-order valence-electron chi connectivity index (χ4n) is 3.49. The third kappa shape index (κ3) is 6.65. The molecule has 0 aliphatic carbocycles. The van der Waals surface area contributed by atoms with Gasteiger partial charge >= 0.3 is 12.1 Å². The molecule has 3 heterocycles. The van der Waals surface area contributed by atoms with E-state index in [0.717, 1.165) is 31.9 Å². The average Bonchev–Trinajstić information content (AvgIpc) is 3.18. The predicted molar refractivity (Wildman–Crippen MR) is 94.8 cm³/mol. The van der Waals surface area contributed by atoms with E-state index in [-0.39, 0.29) is 17.9 Å². The van der Waals surface area contributed by atoms with E-state index < -0.39 is 12.1 Å². The molecule has 11 heteroatoms. The molecule has 2 atom stereocenters. The number of hydrogen-bond donors (Lipinski definition) is 2. The summed E-state index contributed by atoms with van der Waals surface area (Å²) in [5, 5.41) is 10.1. The van der Waals surface area contributed by atoms with E-state index in [1.807, 2.05) is 18.3 Å². The highest BCUT2D eigenvalue weighted by molar-refractivity contribution is 5.77. The van der Waals surface area contributed by atoms with E-state index in [2.05, 4.69) is 21.3 Å². The second-order valence-electron chi connectivity index (χ2n) is 7.08. The lowest BCUT2D eigenvalue weighted by molar-refractivity contribution is -0.192. The van der Waals surface area contributed by atoms with Gasteiger partial charge in [0.2, 0.25) is 5.91 Å². The molecule has 2 aliphatic heterocycles.